The summed E-state index contributed by atoms with van der Waals surface area (Å²) in [6, 6.07) is 0. The second-order valence-corrected chi connectivity index (χ2v) is 5.07. The summed E-state index contributed by atoms with van der Waals surface area (Å²) in [6.45, 7) is 9.77. The van der Waals surface area contributed by atoms with Crippen LogP contribution in [0.5, 0.6) is 0 Å². The fourth-order valence-electron chi connectivity index (χ4n) is 2.16. The van der Waals surface area contributed by atoms with Crippen LogP contribution in [0.2, 0.25) is 0 Å². The van der Waals surface area contributed by atoms with E-state index in [1.807, 2.05) is 0 Å². The zero-order valence-corrected chi connectivity index (χ0v) is 10.0. The summed E-state index contributed by atoms with van der Waals surface area (Å²) in [4.78, 5) is 0. The maximum atomic E-state index is 5.96. The van der Waals surface area contributed by atoms with Gasteiger partial charge in [0.05, 0.1) is 26.4 Å². The highest BCUT2D eigenvalue weighted by Crippen LogP contribution is 2.39. The van der Waals surface area contributed by atoms with Gasteiger partial charge in [0.15, 0.2) is 5.79 Å². The Labute approximate surface area is 92.1 Å². The Bertz CT molecular complexity index is 217. The Morgan fingerprint density at radius 1 is 1.33 bits per heavy atom. The van der Waals surface area contributed by atoms with Crippen LogP contribution in [-0.4, -0.2) is 32.2 Å². The predicted octanol–water partition coefficient (Wildman–Crippen LogP) is 2.20. The normalized spacial score (nSPS) is 38.2. The van der Waals surface area contributed by atoms with E-state index in [9.17, 15) is 0 Å². The lowest BCUT2D eigenvalue weighted by molar-refractivity contribution is -0.352. The van der Waals surface area contributed by atoms with Crippen LogP contribution in [-0.2, 0) is 14.2 Å². The van der Waals surface area contributed by atoms with Crippen LogP contribution in [0.15, 0.2) is 0 Å². The van der Waals surface area contributed by atoms with Crippen molar-refractivity contribution in [1.29, 1.82) is 0 Å². The van der Waals surface area contributed by atoms with E-state index in [-0.39, 0.29) is 11.2 Å². The molecule has 0 radical (unpaired) electrons. The minimum atomic E-state index is -0.327. The molecule has 0 aromatic heterocycles. The summed E-state index contributed by atoms with van der Waals surface area (Å²) in [7, 11) is 0. The molecule has 0 bridgehead atoms. The van der Waals surface area contributed by atoms with E-state index in [1.165, 1.54) is 0 Å². The zero-order valence-electron chi connectivity index (χ0n) is 10.0. The van der Waals surface area contributed by atoms with E-state index in [0.29, 0.717) is 5.92 Å². The SMILES string of the molecule is CCC1COC1(C)OCC1(CC)COC1. The number of ether oxygens (including phenoxy) is 3. The summed E-state index contributed by atoms with van der Waals surface area (Å²) in [5.41, 5.74) is 0.264. The molecule has 3 nitrogen and oxygen atoms in total. The maximum Gasteiger partial charge on any atom is 0.170 e. The van der Waals surface area contributed by atoms with Gasteiger partial charge in [0, 0.05) is 11.3 Å². The lowest BCUT2D eigenvalue weighted by Gasteiger charge is -2.49. The highest BCUT2D eigenvalue weighted by atomic mass is 16.7. The Hall–Kier alpha value is -0.120. The number of rotatable bonds is 5. The van der Waals surface area contributed by atoms with Crippen molar-refractivity contribution in [2.75, 3.05) is 26.4 Å². The van der Waals surface area contributed by atoms with E-state index in [4.69, 9.17) is 14.2 Å². The van der Waals surface area contributed by atoms with Crippen molar-refractivity contribution in [2.45, 2.75) is 39.4 Å². The smallest absolute Gasteiger partial charge is 0.170 e. The average Bonchev–Trinajstić information content (AvgIpc) is 2.16. The van der Waals surface area contributed by atoms with Crippen LogP contribution < -0.4 is 0 Å². The van der Waals surface area contributed by atoms with Crippen molar-refractivity contribution in [1.82, 2.24) is 0 Å². The largest absolute Gasteiger partial charge is 0.380 e. The van der Waals surface area contributed by atoms with Crippen LogP contribution in [0.4, 0.5) is 0 Å². The number of hydrogen-bond donors (Lipinski definition) is 0. The van der Waals surface area contributed by atoms with Gasteiger partial charge in [0.1, 0.15) is 0 Å². The summed E-state index contributed by atoms with van der Waals surface area (Å²) < 4.78 is 16.8. The molecule has 0 aromatic carbocycles. The third kappa shape index (κ3) is 1.93. The van der Waals surface area contributed by atoms with Crippen molar-refractivity contribution < 1.29 is 14.2 Å². The van der Waals surface area contributed by atoms with E-state index >= 15 is 0 Å². The van der Waals surface area contributed by atoms with Crippen LogP contribution in [0.1, 0.15) is 33.6 Å². The molecule has 15 heavy (non-hydrogen) atoms. The summed E-state index contributed by atoms with van der Waals surface area (Å²) in [5.74, 6) is 0.236. The molecule has 0 amide bonds. The van der Waals surface area contributed by atoms with Gasteiger partial charge in [-0.15, -0.1) is 0 Å². The van der Waals surface area contributed by atoms with Gasteiger partial charge in [-0.3, -0.25) is 0 Å². The molecular weight excluding hydrogens is 192 g/mol. The highest BCUT2D eigenvalue weighted by molar-refractivity contribution is 4.88. The van der Waals surface area contributed by atoms with Gasteiger partial charge < -0.3 is 14.2 Å². The molecule has 88 valence electrons. The monoisotopic (exact) mass is 214 g/mol. The first-order chi connectivity index (χ1) is 7.14. The lowest BCUT2D eigenvalue weighted by Crippen LogP contribution is -2.56. The third-order valence-corrected chi connectivity index (χ3v) is 4.04. The van der Waals surface area contributed by atoms with E-state index in [0.717, 1.165) is 39.3 Å². The van der Waals surface area contributed by atoms with Gasteiger partial charge in [-0.25, -0.2) is 0 Å². The summed E-state index contributed by atoms with van der Waals surface area (Å²) >= 11 is 0. The predicted molar refractivity (Wildman–Crippen MR) is 57.6 cm³/mol. The van der Waals surface area contributed by atoms with Gasteiger partial charge in [-0.1, -0.05) is 13.8 Å². The molecular formula is C12H22O3. The molecule has 0 spiro atoms. The average molecular weight is 214 g/mol. The quantitative estimate of drug-likeness (QED) is 0.702. The minimum absolute atomic E-state index is 0.264. The maximum absolute atomic E-state index is 5.96. The molecule has 0 N–H and O–H groups in total. The van der Waals surface area contributed by atoms with Crippen molar-refractivity contribution in [2.24, 2.45) is 11.3 Å². The summed E-state index contributed by atoms with van der Waals surface area (Å²) in [5, 5.41) is 0. The van der Waals surface area contributed by atoms with Crippen molar-refractivity contribution in [3.8, 4) is 0 Å². The van der Waals surface area contributed by atoms with Crippen LogP contribution in [0.25, 0.3) is 0 Å². The Morgan fingerprint density at radius 2 is 2.07 bits per heavy atom. The molecule has 2 fully saturated rings. The summed E-state index contributed by atoms with van der Waals surface area (Å²) in [6.07, 6.45) is 2.26. The minimum Gasteiger partial charge on any atom is -0.380 e. The van der Waals surface area contributed by atoms with Gasteiger partial charge >= 0.3 is 0 Å². The van der Waals surface area contributed by atoms with E-state index in [1.54, 1.807) is 0 Å². The van der Waals surface area contributed by atoms with Crippen LogP contribution in [0.3, 0.4) is 0 Å². The van der Waals surface area contributed by atoms with Crippen molar-refractivity contribution >= 4 is 0 Å². The first-order valence-electron chi connectivity index (χ1n) is 6.00. The van der Waals surface area contributed by atoms with Gasteiger partial charge in [-0.2, -0.15) is 0 Å². The van der Waals surface area contributed by atoms with Gasteiger partial charge in [0.25, 0.3) is 0 Å². The first kappa shape index (κ1) is 11.4. The number of hydrogen-bond acceptors (Lipinski definition) is 3. The third-order valence-electron chi connectivity index (χ3n) is 4.04. The molecule has 0 aliphatic carbocycles. The molecule has 0 aromatic rings. The Kier molecular flexibility index (Phi) is 3.06. The first-order valence-corrected chi connectivity index (χ1v) is 6.00. The van der Waals surface area contributed by atoms with E-state index < -0.39 is 0 Å². The van der Waals surface area contributed by atoms with Crippen molar-refractivity contribution in [3.63, 3.8) is 0 Å². The van der Waals surface area contributed by atoms with Crippen LogP contribution >= 0.6 is 0 Å². The molecule has 2 heterocycles. The molecule has 2 aliphatic heterocycles. The molecule has 2 rings (SSSR count). The molecule has 3 heteroatoms. The van der Waals surface area contributed by atoms with Crippen LogP contribution in [0, 0.1) is 11.3 Å². The standard InChI is InChI=1S/C12H22O3/c1-4-10-6-14-11(10,3)15-9-12(5-2)7-13-8-12/h10H,4-9H2,1-3H3. The van der Waals surface area contributed by atoms with E-state index in [2.05, 4.69) is 20.8 Å². The fourth-order valence-corrected chi connectivity index (χ4v) is 2.16. The topological polar surface area (TPSA) is 27.7 Å². The van der Waals surface area contributed by atoms with Gasteiger partial charge in [-0.05, 0) is 19.8 Å². The molecule has 2 unspecified atom stereocenters. The van der Waals surface area contributed by atoms with Gasteiger partial charge in [0.2, 0.25) is 0 Å². The molecule has 2 aliphatic rings. The fraction of sp³-hybridized carbons (Fsp3) is 1.00. The van der Waals surface area contributed by atoms with Crippen molar-refractivity contribution in [3.05, 3.63) is 0 Å². The lowest BCUT2D eigenvalue weighted by atomic mass is 9.83. The zero-order chi connectivity index (χ0) is 10.9. The second-order valence-electron chi connectivity index (χ2n) is 5.07. The molecule has 2 saturated heterocycles. The molecule has 0 saturated carbocycles. The highest BCUT2D eigenvalue weighted by Gasteiger charge is 2.47. The second kappa shape index (κ2) is 4.04. The molecule has 2 atom stereocenters. The Morgan fingerprint density at radius 3 is 2.40 bits per heavy atom. The Balaban J connectivity index is 1.82.